The molecule has 0 aliphatic rings. The molecular formula is C18H21NO3S. The first kappa shape index (κ1) is 17.2. The molecule has 0 aliphatic carbocycles. The molecule has 122 valence electrons. The molecule has 2 aromatic carbocycles. The maximum Gasteiger partial charge on any atom is 0.255 e. The number of benzene rings is 2. The highest BCUT2D eigenvalue weighted by molar-refractivity contribution is 7.84. The molecule has 0 spiro atoms. The molecule has 0 fully saturated rings. The van der Waals surface area contributed by atoms with Crippen molar-refractivity contribution in [1.29, 1.82) is 0 Å². The molecular weight excluding hydrogens is 310 g/mol. The van der Waals surface area contributed by atoms with Gasteiger partial charge in [0.05, 0.1) is 12.3 Å². The van der Waals surface area contributed by atoms with E-state index in [1.54, 1.807) is 30.5 Å². The number of hydrogen-bond donors (Lipinski definition) is 1. The molecule has 23 heavy (non-hydrogen) atoms. The van der Waals surface area contributed by atoms with Crippen molar-refractivity contribution in [3.63, 3.8) is 0 Å². The van der Waals surface area contributed by atoms with Gasteiger partial charge in [-0.3, -0.25) is 9.00 Å². The highest BCUT2D eigenvalue weighted by Gasteiger charge is 2.10. The Labute approximate surface area is 139 Å². The zero-order valence-electron chi connectivity index (χ0n) is 13.4. The van der Waals surface area contributed by atoms with Gasteiger partial charge < -0.3 is 10.1 Å². The highest BCUT2D eigenvalue weighted by Crippen LogP contribution is 2.24. The van der Waals surface area contributed by atoms with Crippen molar-refractivity contribution < 1.29 is 13.7 Å². The average molecular weight is 331 g/mol. The van der Waals surface area contributed by atoms with Gasteiger partial charge in [0.15, 0.2) is 0 Å². The molecule has 5 heteroatoms. The summed E-state index contributed by atoms with van der Waals surface area (Å²) in [6, 6.07) is 14.1. The van der Waals surface area contributed by atoms with Gasteiger partial charge in [0, 0.05) is 27.5 Å². The van der Waals surface area contributed by atoms with Crippen LogP contribution in [0.5, 0.6) is 5.75 Å². The first-order chi connectivity index (χ1) is 11.1. The van der Waals surface area contributed by atoms with Crippen molar-refractivity contribution in [2.75, 3.05) is 18.2 Å². The summed E-state index contributed by atoms with van der Waals surface area (Å²) >= 11 is 0. The van der Waals surface area contributed by atoms with Gasteiger partial charge >= 0.3 is 0 Å². The van der Waals surface area contributed by atoms with E-state index in [2.05, 4.69) is 12.2 Å². The molecule has 0 radical (unpaired) electrons. The van der Waals surface area contributed by atoms with E-state index in [0.29, 0.717) is 28.5 Å². The van der Waals surface area contributed by atoms with Crippen LogP contribution in [0.2, 0.25) is 0 Å². The van der Waals surface area contributed by atoms with Gasteiger partial charge in [0.1, 0.15) is 5.75 Å². The largest absolute Gasteiger partial charge is 0.491 e. The van der Waals surface area contributed by atoms with Crippen molar-refractivity contribution in [3.05, 3.63) is 54.1 Å². The van der Waals surface area contributed by atoms with Crippen LogP contribution in [0, 0.1) is 0 Å². The van der Waals surface area contributed by atoms with Crippen LogP contribution in [0.1, 0.15) is 30.1 Å². The van der Waals surface area contributed by atoms with Crippen molar-refractivity contribution in [2.24, 2.45) is 0 Å². The summed E-state index contributed by atoms with van der Waals surface area (Å²) in [6.07, 6.45) is 3.64. The normalized spacial score (nSPS) is 11.7. The number of carbonyl (C=O) groups excluding carboxylic acids is 1. The Morgan fingerprint density at radius 3 is 2.48 bits per heavy atom. The van der Waals surface area contributed by atoms with E-state index in [1.165, 1.54) is 0 Å². The zero-order chi connectivity index (χ0) is 16.7. The Hall–Kier alpha value is -2.14. The molecule has 0 bridgehead atoms. The minimum absolute atomic E-state index is 0.218. The lowest BCUT2D eigenvalue weighted by Gasteiger charge is -2.12. The molecule has 2 aromatic rings. The summed E-state index contributed by atoms with van der Waals surface area (Å²) in [4.78, 5) is 13.0. The number of rotatable bonds is 7. The number of amides is 1. The molecule has 1 unspecified atom stereocenters. The third-order valence-electron chi connectivity index (χ3n) is 3.34. The fraction of sp³-hybridized carbons (Fsp3) is 0.278. The molecule has 0 heterocycles. The van der Waals surface area contributed by atoms with Gasteiger partial charge in [-0.25, -0.2) is 0 Å². The van der Waals surface area contributed by atoms with Crippen LogP contribution in [0.4, 0.5) is 5.69 Å². The monoisotopic (exact) mass is 331 g/mol. The van der Waals surface area contributed by atoms with E-state index < -0.39 is 10.8 Å². The van der Waals surface area contributed by atoms with Crippen molar-refractivity contribution in [3.8, 4) is 5.75 Å². The number of carbonyl (C=O) groups is 1. The molecule has 0 saturated carbocycles. The Kier molecular flexibility index (Phi) is 6.35. The molecule has 4 nitrogen and oxygen atoms in total. The van der Waals surface area contributed by atoms with E-state index >= 15 is 0 Å². The number of hydrogen-bond acceptors (Lipinski definition) is 3. The minimum atomic E-state index is -1.05. The second-order valence-electron chi connectivity index (χ2n) is 5.13. The van der Waals surface area contributed by atoms with Crippen LogP contribution < -0.4 is 10.1 Å². The van der Waals surface area contributed by atoms with Gasteiger partial charge in [0.25, 0.3) is 5.91 Å². The van der Waals surface area contributed by atoms with Crippen LogP contribution in [-0.2, 0) is 10.8 Å². The SMILES string of the molecule is CCCCOc1ccccc1NC(=O)c1ccc(S(C)=O)cc1. The lowest BCUT2D eigenvalue weighted by atomic mass is 10.2. The number of unbranched alkanes of at least 4 members (excludes halogenated alkanes) is 1. The van der Waals surface area contributed by atoms with Crippen molar-refractivity contribution in [2.45, 2.75) is 24.7 Å². The number of anilines is 1. The third-order valence-corrected chi connectivity index (χ3v) is 4.28. The van der Waals surface area contributed by atoms with E-state index in [9.17, 15) is 9.00 Å². The summed E-state index contributed by atoms with van der Waals surface area (Å²) in [5.41, 5.74) is 1.17. The molecule has 2 rings (SSSR count). The van der Waals surface area contributed by atoms with Gasteiger partial charge in [-0.15, -0.1) is 0 Å². The minimum Gasteiger partial charge on any atom is -0.491 e. The first-order valence-electron chi connectivity index (χ1n) is 7.58. The Bertz CT molecular complexity index is 683. The fourth-order valence-corrected chi connectivity index (χ4v) is 2.53. The van der Waals surface area contributed by atoms with Crippen LogP contribution in [0.3, 0.4) is 0 Å². The van der Waals surface area contributed by atoms with Crippen LogP contribution in [0.15, 0.2) is 53.4 Å². The number of nitrogens with one attached hydrogen (secondary N) is 1. The number of ether oxygens (including phenoxy) is 1. The van der Waals surface area contributed by atoms with E-state index in [1.807, 2.05) is 24.3 Å². The lowest BCUT2D eigenvalue weighted by Crippen LogP contribution is -2.13. The van der Waals surface area contributed by atoms with E-state index in [0.717, 1.165) is 12.8 Å². The molecule has 0 aromatic heterocycles. The van der Waals surface area contributed by atoms with Crippen LogP contribution in [-0.4, -0.2) is 23.0 Å². The van der Waals surface area contributed by atoms with E-state index in [4.69, 9.17) is 4.74 Å². The summed E-state index contributed by atoms with van der Waals surface area (Å²) in [5.74, 6) is 0.450. The smallest absolute Gasteiger partial charge is 0.255 e. The maximum absolute atomic E-state index is 12.3. The Balaban J connectivity index is 2.09. The van der Waals surface area contributed by atoms with Crippen LogP contribution in [0.25, 0.3) is 0 Å². The van der Waals surface area contributed by atoms with Crippen LogP contribution >= 0.6 is 0 Å². The van der Waals surface area contributed by atoms with Gasteiger partial charge in [-0.1, -0.05) is 25.5 Å². The second kappa shape index (κ2) is 8.48. The molecule has 1 N–H and O–H groups in total. The molecule has 0 aliphatic heterocycles. The summed E-state index contributed by atoms with van der Waals surface area (Å²) in [7, 11) is -1.05. The third kappa shape index (κ3) is 4.93. The standard InChI is InChI=1S/C18H21NO3S/c1-3-4-13-22-17-8-6-5-7-16(17)19-18(20)14-9-11-15(12-10-14)23(2)21/h5-12H,3-4,13H2,1-2H3,(H,19,20). The van der Waals surface area contributed by atoms with Gasteiger partial charge in [-0.2, -0.15) is 0 Å². The molecule has 1 atom stereocenters. The Morgan fingerprint density at radius 1 is 1.13 bits per heavy atom. The second-order valence-corrected chi connectivity index (χ2v) is 6.51. The Morgan fingerprint density at radius 2 is 1.83 bits per heavy atom. The quantitative estimate of drug-likeness (QED) is 0.784. The molecule has 0 saturated heterocycles. The topological polar surface area (TPSA) is 55.4 Å². The summed E-state index contributed by atoms with van der Waals surface area (Å²) < 4.78 is 17.1. The van der Waals surface area contributed by atoms with Gasteiger partial charge in [-0.05, 0) is 42.8 Å². The summed E-state index contributed by atoms with van der Waals surface area (Å²) in [5, 5.41) is 2.86. The number of para-hydroxylation sites is 2. The van der Waals surface area contributed by atoms with Crippen molar-refractivity contribution in [1.82, 2.24) is 0 Å². The lowest BCUT2D eigenvalue weighted by molar-refractivity contribution is 0.102. The predicted molar refractivity (Wildman–Crippen MR) is 93.6 cm³/mol. The van der Waals surface area contributed by atoms with Gasteiger partial charge in [0.2, 0.25) is 0 Å². The maximum atomic E-state index is 12.3. The first-order valence-corrected chi connectivity index (χ1v) is 9.14. The molecule has 1 amide bonds. The predicted octanol–water partition coefficient (Wildman–Crippen LogP) is 3.86. The average Bonchev–Trinajstić information content (AvgIpc) is 2.56. The zero-order valence-corrected chi connectivity index (χ0v) is 14.2. The van der Waals surface area contributed by atoms with E-state index in [-0.39, 0.29) is 5.91 Å². The van der Waals surface area contributed by atoms with Crippen molar-refractivity contribution >= 4 is 22.4 Å². The summed E-state index contributed by atoms with van der Waals surface area (Å²) in [6.45, 7) is 2.73. The fourth-order valence-electron chi connectivity index (χ4n) is 2.01. The highest BCUT2D eigenvalue weighted by atomic mass is 32.2.